The number of hydrogen-bond acceptors (Lipinski definition) is 2. The Hall–Kier alpha value is -0.280. The molecule has 1 fully saturated rings. The molecule has 0 spiro atoms. The van der Waals surface area contributed by atoms with E-state index in [1.54, 1.807) is 0 Å². The molecule has 2 unspecified atom stereocenters. The quantitative estimate of drug-likeness (QED) is 0.758. The molecule has 0 aromatic heterocycles. The molecule has 1 aliphatic rings. The predicted molar refractivity (Wildman–Crippen MR) is 65.7 cm³/mol. The van der Waals surface area contributed by atoms with E-state index in [1.165, 1.54) is 0 Å². The molecule has 1 amide bonds. The zero-order valence-corrected chi connectivity index (χ0v) is 11.1. The lowest BCUT2D eigenvalue weighted by Crippen LogP contribution is -2.45. The van der Waals surface area contributed by atoms with Crippen LogP contribution in [0.5, 0.6) is 0 Å². The topological polar surface area (TPSA) is 38.3 Å². The maximum Gasteiger partial charge on any atom is 0.252 e. The Bertz CT molecular complexity index is 237. The Morgan fingerprint density at radius 2 is 2.25 bits per heavy atom. The van der Waals surface area contributed by atoms with E-state index in [0.717, 1.165) is 19.3 Å². The van der Waals surface area contributed by atoms with E-state index in [4.69, 9.17) is 16.3 Å². The van der Waals surface area contributed by atoms with Crippen LogP contribution in [0.25, 0.3) is 0 Å². The van der Waals surface area contributed by atoms with Crippen molar-refractivity contribution in [3.63, 3.8) is 0 Å². The van der Waals surface area contributed by atoms with Gasteiger partial charge in [-0.2, -0.15) is 0 Å². The van der Waals surface area contributed by atoms with E-state index < -0.39 is 5.60 Å². The normalized spacial score (nSPS) is 27.1. The highest BCUT2D eigenvalue weighted by atomic mass is 35.5. The first-order valence-electron chi connectivity index (χ1n) is 6.00. The number of hydrogen-bond donors (Lipinski definition) is 1. The van der Waals surface area contributed by atoms with Crippen molar-refractivity contribution in [1.82, 2.24) is 5.32 Å². The molecule has 0 radical (unpaired) electrons. The highest BCUT2D eigenvalue weighted by Gasteiger charge is 2.37. The molecule has 1 saturated heterocycles. The second-order valence-electron chi connectivity index (χ2n) is 5.12. The summed E-state index contributed by atoms with van der Waals surface area (Å²) in [5.74, 6) is 0.525. The van der Waals surface area contributed by atoms with Crippen molar-refractivity contribution in [3.8, 4) is 0 Å². The lowest BCUT2D eigenvalue weighted by Gasteiger charge is -2.23. The van der Waals surface area contributed by atoms with E-state index in [-0.39, 0.29) is 11.3 Å². The van der Waals surface area contributed by atoms with Gasteiger partial charge in [-0.25, -0.2) is 0 Å². The largest absolute Gasteiger partial charge is 0.365 e. The molecule has 0 aliphatic carbocycles. The van der Waals surface area contributed by atoms with E-state index in [0.29, 0.717) is 19.1 Å². The summed E-state index contributed by atoms with van der Waals surface area (Å²) in [6, 6.07) is 0. The van der Waals surface area contributed by atoms with Gasteiger partial charge in [0.25, 0.3) is 5.91 Å². The zero-order chi connectivity index (χ0) is 12.2. The van der Waals surface area contributed by atoms with Crippen LogP contribution in [0.2, 0.25) is 0 Å². The van der Waals surface area contributed by atoms with Crippen molar-refractivity contribution in [2.45, 2.75) is 51.0 Å². The number of carbonyl (C=O) groups excluding carboxylic acids is 1. The van der Waals surface area contributed by atoms with Crippen LogP contribution in [0, 0.1) is 5.92 Å². The molecule has 0 aromatic rings. The molecule has 1 heterocycles. The van der Waals surface area contributed by atoms with Crippen LogP contribution in [0.1, 0.15) is 40.0 Å². The van der Waals surface area contributed by atoms with Crippen molar-refractivity contribution < 1.29 is 9.53 Å². The molecule has 3 nitrogen and oxygen atoms in total. The highest BCUT2D eigenvalue weighted by Crippen LogP contribution is 2.25. The molecule has 16 heavy (non-hydrogen) atoms. The summed E-state index contributed by atoms with van der Waals surface area (Å²) in [6.07, 6.45) is 2.68. The number of ether oxygens (including phenoxy) is 1. The maximum absolute atomic E-state index is 11.9. The van der Waals surface area contributed by atoms with Gasteiger partial charge in [0.05, 0.1) is 5.38 Å². The summed E-state index contributed by atoms with van der Waals surface area (Å²) < 4.78 is 5.46. The maximum atomic E-state index is 11.9. The summed E-state index contributed by atoms with van der Waals surface area (Å²) in [5.41, 5.74) is -0.631. The third kappa shape index (κ3) is 3.95. The van der Waals surface area contributed by atoms with Crippen molar-refractivity contribution in [1.29, 1.82) is 0 Å². The van der Waals surface area contributed by atoms with E-state index in [1.807, 2.05) is 6.92 Å². The average Bonchev–Trinajstić information content (AvgIpc) is 2.62. The molecule has 0 aromatic carbocycles. The Labute approximate surface area is 103 Å². The third-order valence-electron chi connectivity index (χ3n) is 2.91. The standard InChI is InChI=1S/C12H22ClNO2/c1-9(2)7-10(13)8-14-11(15)12(3)5-4-6-16-12/h9-10H,4-8H2,1-3H3,(H,14,15). The van der Waals surface area contributed by atoms with Gasteiger partial charge in [-0.15, -0.1) is 11.6 Å². The van der Waals surface area contributed by atoms with Crippen LogP contribution in [0.3, 0.4) is 0 Å². The van der Waals surface area contributed by atoms with Gasteiger partial charge in [-0.3, -0.25) is 4.79 Å². The van der Waals surface area contributed by atoms with Crippen LogP contribution >= 0.6 is 11.6 Å². The van der Waals surface area contributed by atoms with E-state index in [9.17, 15) is 4.79 Å². The predicted octanol–water partition coefficient (Wildman–Crippen LogP) is 2.33. The molecule has 4 heteroatoms. The summed E-state index contributed by atoms with van der Waals surface area (Å²) in [6.45, 7) is 7.30. The summed E-state index contributed by atoms with van der Waals surface area (Å²) >= 11 is 6.12. The molecule has 1 N–H and O–H groups in total. The minimum Gasteiger partial charge on any atom is -0.365 e. The molecule has 94 valence electrons. The van der Waals surface area contributed by atoms with Crippen LogP contribution in [0.4, 0.5) is 0 Å². The molecular formula is C12H22ClNO2. The van der Waals surface area contributed by atoms with Gasteiger partial charge in [0.2, 0.25) is 0 Å². The van der Waals surface area contributed by atoms with Crippen LogP contribution in [-0.4, -0.2) is 30.0 Å². The number of nitrogens with one attached hydrogen (secondary N) is 1. The number of rotatable bonds is 5. The van der Waals surface area contributed by atoms with Crippen molar-refractivity contribution in [3.05, 3.63) is 0 Å². The molecule has 0 bridgehead atoms. The fourth-order valence-electron chi connectivity index (χ4n) is 1.94. The summed E-state index contributed by atoms with van der Waals surface area (Å²) in [7, 11) is 0. The monoisotopic (exact) mass is 247 g/mol. The SMILES string of the molecule is CC(C)CC(Cl)CNC(=O)C1(C)CCCO1. The van der Waals surface area contributed by atoms with Crippen molar-refractivity contribution in [2.24, 2.45) is 5.92 Å². The van der Waals surface area contributed by atoms with Gasteiger partial charge >= 0.3 is 0 Å². The lowest BCUT2D eigenvalue weighted by molar-refractivity contribution is -0.139. The Morgan fingerprint density at radius 1 is 1.56 bits per heavy atom. The first-order chi connectivity index (χ1) is 7.44. The van der Waals surface area contributed by atoms with E-state index in [2.05, 4.69) is 19.2 Å². The Balaban J connectivity index is 2.29. The minimum atomic E-state index is -0.631. The highest BCUT2D eigenvalue weighted by molar-refractivity contribution is 6.20. The smallest absolute Gasteiger partial charge is 0.252 e. The number of halogens is 1. The first kappa shape index (κ1) is 13.8. The van der Waals surface area contributed by atoms with Gasteiger partial charge in [-0.05, 0) is 32.1 Å². The fraction of sp³-hybridized carbons (Fsp3) is 0.917. The lowest BCUT2D eigenvalue weighted by atomic mass is 10.0. The summed E-state index contributed by atoms with van der Waals surface area (Å²) in [5, 5.41) is 2.88. The van der Waals surface area contributed by atoms with E-state index >= 15 is 0 Å². The second-order valence-corrected chi connectivity index (χ2v) is 5.74. The van der Waals surface area contributed by atoms with Gasteiger partial charge in [0, 0.05) is 13.2 Å². The number of alkyl halides is 1. The first-order valence-corrected chi connectivity index (χ1v) is 6.44. The average molecular weight is 248 g/mol. The van der Waals surface area contributed by atoms with Gasteiger partial charge in [-0.1, -0.05) is 13.8 Å². The number of amides is 1. The fourth-order valence-corrected chi connectivity index (χ4v) is 2.38. The van der Waals surface area contributed by atoms with Crippen LogP contribution in [-0.2, 0) is 9.53 Å². The van der Waals surface area contributed by atoms with Crippen molar-refractivity contribution >= 4 is 17.5 Å². The molecule has 1 aliphatic heterocycles. The molecular weight excluding hydrogens is 226 g/mol. The van der Waals surface area contributed by atoms with Crippen molar-refractivity contribution in [2.75, 3.05) is 13.2 Å². The molecule has 2 atom stereocenters. The van der Waals surface area contributed by atoms with Gasteiger partial charge < -0.3 is 10.1 Å². The van der Waals surface area contributed by atoms with Crippen LogP contribution in [0.15, 0.2) is 0 Å². The van der Waals surface area contributed by atoms with Gasteiger partial charge in [0.1, 0.15) is 5.60 Å². The van der Waals surface area contributed by atoms with Crippen LogP contribution < -0.4 is 5.32 Å². The molecule has 1 rings (SSSR count). The molecule has 0 saturated carbocycles. The second kappa shape index (κ2) is 5.87. The number of carbonyl (C=O) groups is 1. The zero-order valence-electron chi connectivity index (χ0n) is 10.4. The van der Waals surface area contributed by atoms with Gasteiger partial charge in [0.15, 0.2) is 0 Å². The Morgan fingerprint density at radius 3 is 2.75 bits per heavy atom. The third-order valence-corrected chi connectivity index (χ3v) is 3.24. The minimum absolute atomic E-state index is 0.00829. The Kier molecular flexibility index (Phi) is 5.06. The summed E-state index contributed by atoms with van der Waals surface area (Å²) in [4.78, 5) is 11.9.